The summed E-state index contributed by atoms with van der Waals surface area (Å²) in [6.07, 6.45) is -0.217. The summed E-state index contributed by atoms with van der Waals surface area (Å²) in [6, 6.07) is 2.58. The molecule has 6 N–H and O–H groups in total. The van der Waals surface area contributed by atoms with Gasteiger partial charge in [0.15, 0.2) is 0 Å². The first-order valence-corrected chi connectivity index (χ1v) is 12.9. The number of amides is 3. The van der Waals surface area contributed by atoms with Gasteiger partial charge in [0.25, 0.3) is 5.91 Å². The molecule has 1 saturated heterocycles. The second kappa shape index (κ2) is 12.3. The molecule has 1 aromatic rings. The molecule has 1 aromatic carbocycles. The van der Waals surface area contributed by atoms with E-state index in [1.54, 1.807) is 20.8 Å². The van der Waals surface area contributed by atoms with E-state index < -0.39 is 51.7 Å². The summed E-state index contributed by atoms with van der Waals surface area (Å²) in [5.41, 5.74) is 6.27. The maximum atomic E-state index is 13.3. The fourth-order valence-electron chi connectivity index (χ4n) is 3.71. The summed E-state index contributed by atoms with van der Waals surface area (Å²) in [4.78, 5) is 37.4. The molecule has 1 heterocycles. The van der Waals surface area contributed by atoms with Crippen molar-refractivity contribution in [3.8, 4) is 5.75 Å². The van der Waals surface area contributed by atoms with Crippen molar-refractivity contribution in [1.29, 1.82) is 0 Å². The van der Waals surface area contributed by atoms with E-state index in [1.165, 1.54) is 36.9 Å². The number of hydrogen-bond acceptors (Lipinski definition) is 9. The van der Waals surface area contributed by atoms with Crippen LogP contribution in [0.2, 0.25) is 0 Å². The van der Waals surface area contributed by atoms with Crippen LogP contribution in [0.15, 0.2) is 29.2 Å². The lowest BCUT2D eigenvalue weighted by Crippen LogP contribution is -2.51. The second-order valence-electron chi connectivity index (χ2n) is 9.31. The number of ether oxygens (including phenoxy) is 2. The third-order valence-electron chi connectivity index (χ3n) is 5.39. The molecular formula is C22H35N5O8S. The predicted octanol–water partition coefficient (Wildman–Crippen LogP) is 0.0806. The summed E-state index contributed by atoms with van der Waals surface area (Å²) in [5.74, 6) is -1.06. The van der Waals surface area contributed by atoms with Crippen molar-refractivity contribution in [1.82, 2.24) is 20.4 Å². The van der Waals surface area contributed by atoms with Crippen molar-refractivity contribution in [2.45, 2.75) is 68.7 Å². The Bertz CT molecular complexity index is 1030. The lowest BCUT2D eigenvalue weighted by molar-refractivity contribution is -0.132. The molecule has 13 nitrogen and oxygen atoms in total. The second-order valence-corrected chi connectivity index (χ2v) is 11.2. The highest BCUT2D eigenvalue weighted by Gasteiger charge is 2.45. The zero-order valence-corrected chi connectivity index (χ0v) is 21.6. The van der Waals surface area contributed by atoms with E-state index in [0.29, 0.717) is 12.2 Å². The van der Waals surface area contributed by atoms with E-state index in [1.807, 2.05) is 0 Å². The number of hydroxylamine groups is 1. The number of hydrogen-bond donors (Lipinski definition) is 5. The molecule has 0 saturated carbocycles. The van der Waals surface area contributed by atoms with E-state index in [4.69, 9.17) is 20.4 Å². The number of alkyl carbamates (subject to hydrolysis) is 1. The molecule has 0 radical (unpaired) electrons. The number of nitrogens with two attached hydrogens (primary N) is 1. The van der Waals surface area contributed by atoms with Gasteiger partial charge >= 0.3 is 6.09 Å². The average molecular weight is 530 g/mol. The normalized spacial score (nSPS) is 19.3. The largest absolute Gasteiger partial charge is 0.497 e. The topological polar surface area (TPSA) is 189 Å². The van der Waals surface area contributed by atoms with Crippen LogP contribution in [-0.2, 0) is 24.3 Å². The standard InChI is InChI=1S/C22H35N5O8S/c1-22(2,3)35-21(30)25-17(6-5-11-23)19(28)24-14-12-18(20(29)26-31)27(13-14)36(32,33)16-9-7-15(34-4)8-10-16/h7-10,14,17-18,31H,5-6,11-13,23H2,1-4H3,(H,24,28)(H,25,30)(H,26,29)/t14-,17+,18-/m1/s1. The highest BCUT2D eigenvalue weighted by molar-refractivity contribution is 7.89. The molecule has 0 unspecified atom stereocenters. The van der Waals surface area contributed by atoms with Crippen LogP contribution in [0.1, 0.15) is 40.0 Å². The zero-order valence-electron chi connectivity index (χ0n) is 20.8. The Morgan fingerprint density at radius 1 is 1.22 bits per heavy atom. The fraction of sp³-hybridized carbons (Fsp3) is 0.591. The Balaban J connectivity index is 2.20. The molecule has 0 bridgehead atoms. The number of nitrogens with one attached hydrogen (secondary N) is 3. The number of rotatable bonds is 10. The third kappa shape index (κ3) is 7.78. The van der Waals surface area contributed by atoms with Crippen molar-refractivity contribution in [2.24, 2.45) is 5.73 Å². The highest BCUT2D eigenvalue weighted by Crippen LogP contribution is 2.28. The highest BCUT2D eigenvalue weighted by atomic mass is 32.2. The monoisotopic (exact) mass is 529 g/mol. The van der Waals surface area contributed by atoms with Gasteiger partial charge < -0.3 is 25.8 Å². The number of nitrogens with zero attached hydrogens (tertiary/aromatic N) is 1. The Morgan fingerprint density at radius 2 is 1.86 bits per heavy atom. The van der Waals surface area contributed by atoms with Crippen LogP contribution < -0.4 is 26.6 Å². The van der Waals surface area contributed by atoms with Crippen LogP contribution >= 0.6 is 0 Å². The van der Waals surface area contributed by atoms with E-state index in [9.17, 15) is 22.8 Å². The molecule has 202 valence electrons. The van der Waals surface area contributed by atoms with Gasteiger partial charge in [-0.3, -0.25) is 14.8 Å². The van der Waals surface area contributed by atoms with Crippen LogP contribution in [0, 0.1) is 0 Å². The van der Waals surface area contributed by atoms with Gasteiger partial charge in [0, 0.05) is 12.6 Å². The van der Waals surface area contributed by atoms with Gasteiger partial charge in [-0.1, -0.05) is 0 Å². The molecule has 2 rings (SSSR count). The van der Waals surface area contributed by atoms with Crippen LogP contribution in [0.4, 0.5) is 4.79 Å². The van der Waals surface area contributed by atoms with Crippen molar-refractivity contribution in [2.75, 3.05) is 20.2 Å². The zero-order chi connectivity index (χ0) is 27.1. The molecular weight excluding hydrogens is 494 g/mol. The number of carbonyl (C=O) groups excluding carboxylic acids is 3. The Labute approximate surface area is 210 Å². The summed E-state index contributed by atoms with van der Waals surface area (Å²) < 4.78 is 37.7. The smallest absolute Gasteiger partial charge is 0.408 e. The van der Waals surface area contributed by atoms with Crippen molar-refractivity contribution in [3.05, 3.63) is 24.3 Å². The molecule has 14 heteroatoms. The van der Waals surface area contributed by atoms with Crippen molar-refractivity contribution >= 4 is 27.9 Å². The van der Waals surface area contributed by atoms with Gasteiger partial charge in [-0.2, -0.15) is 4.31 Å². The Morgan fingerprint density at radius 3 is 2.39 bits per heavy atom. The van der Waals surface area contributed by atoms with Crippen LogP contribution in [0.3, 0.4) is 0 Å². The summed E-state index contributed by atoms with van der Waals surface area (Å²) in [5, 5.41) is 14.4. The molecule has 0 spiro atoms. The van der Waals surface area contributed by atoms with Crippen LogP contribution in [-0.4, -0.2) is 79.8 Å². The Kier molecular flexibility index (Phi) is 10.0. The lowest BCUT2D eigenvalue weighted by Gasteiger charge is -2.24. The quantitative estimate of drug-likeness (QED) is 0.206. The summed E-state index contributed by atoms with van der Waals surface area (Å²) in [7, 11) is -2.72. The first kappa shape index (κ1) is 29.3. The Hall–Kier alpha value is -2.94. The van der Waals surface area contributed by atoms with Gasteiger partial charge in [0.1, 0.15) is 23.4 Å². The number of carbonyl (C=O) groups is 3. The molecule has 1 aliphatic heterocycles. The molecule has 3 amide bonds. The van der Waals surface area contributed by atoms with Crippen molar-refractivity contribution < 1.29 is 37.5 Å². The van der Waals surface area contributed by atoms with Crippen molar-refractivity contribution in [3.63, 3.8) is 0 Å². The molecule has 3 atom stereocenters. The van der Waals surface area contributed by atoms with E-state index in [-0.39, 0.29) is 30.8 Å². The summed E-state index contributed by atoms with van der Waals surface area (Å²) in [6.45, 7) is 5.11. The maximum Gasteiger partial charge on any atom is 0.408 e. The summed E-state index contributed by atoms with van der Waals surface area (Å²) >= 11 is 0. The van der Waals surface area contributed by atoms with E-state index in [2.05, 4.69) is 10.6 Å². The van der Waals surface area contributed by atoms with E-state index >= 15 is 0 Å². The first-order chi connectivity index (χ1) is 16.8. The molecule has 1 aliphatic rings. The third-order valence-corrected chi connectivity index (χ3v) is 7.27. The number of methoxy groups -OCH3 is 1. The van der Waals surface area contributed by atoms with Crippen LogP contribution in [0.5, 0.6) is 5.75 Å². The lowest BCUT2D eigenvalue weighted by atomic mass is 10.1. The minimum absolute atomic E-state index is 0.0848. The van der Waals surface area contributed by atoms with Gasteiger partial charge in [-0.15, -0.1) is 0 Å². The number of sulfonamides is 1. The molecule has 0 aromatic heterocycles. The fourth-order valence-corrected chi connectivity index (χ4v) is 5.36. The van der Waals surface area contributed by atoms with Gasteiger partial charge in [0.05, 0.1) is 12.0 Å². The minimum Gasteiger partial charge on any atom is -0.497 e. The average Bonchev–Trinajstić information content (AvgIpc) is 3.24. The maximum absolute atomic E-state index is 13.3. The predicted molar refractivity (Wildman–Crippen MR) is 129 cm³/mol. The first-order valence-electron chi connectivity index (χ1n) is 11.4. The van der Waals surface area contributed by atoms with Gasteiger partial charge in [-0.25, -0.2) is 18.7 Å². The SMILES string of the molecule is COc1ccc(S(=O)(=O)N2C[C@H](NC(=O)[C@H](CCCN)NC(=O)OC(C)(C)C)C[C@@H]2C(=O)NO)cc1. The molecule has 1 fully saturated rings. The number of benzene rings is 1. The van der Waals surface area contributed by atoms with E-state index in [0.717, 1.165) is 4.31 Å². The molecule has 0 aliphatic carbocycles. The van der Waals surface area contributed by atoms with Gasteiger partial charge in [0.2, 0.25) is 15.9 Å². The molecule has 36 heavy (non-hydrogen) atoms. The minimum atomic E-state index is -4.16. The van der Waals surface area contributed by atoms with Crippen LogP contribution in [0.25, 0.3) is 0 Å². The van der Waals surface area contributed by atoms with Gasteiger partial charge in [-0.05, 0) is 70.8 Å².